The van der Waals surface area contributed by atoms with Crippen molar-refractivity contribution in [3.05, 3.63) is 29.8 Å². The van der Waals surface area contributed by atoms with Crippen LogP contribution in [0.15, 0.2) is 24.3 Å². The Kier molecular flexibility index (Phi) is 3.04. The SMILES string of the molecule is OC1Cc2ccccc2NC1C1CCOCC1. The summed E-state index contributed by atoms with van der Waals surface area (Å²) >= 11 is 0. The lowest BCUT2D eigenvalue weighted by atomic mass is 9.83. The van der Waals surface area contributed by atoms with Crippen molar-refractivity contribution in [1.82, 2.24) is 0 Å². The van der Waals surface area contributed by atoms with E-state index in [0.717, 1.165) is 32.5 Å². The van der Waals surface area contributed by atoms with E-state index in [4.69, 9.17) is 4.74 Å². The topological polar surface area (TPSA) is 41.5 Å². The van der Waals surface area contributed by atoms with Crippen LogP contribution in [0.5, 0.6) is 0 Å². The summed E-state index contributed by atoms with van der Waals surface area (Å²) in [6, 6.07) is 8.46. The Bertz CT molecular complexity index is 388. The van der Waals surface area contributed by atoms with Crippen LogP contribution < -0.4 is 5.32 Å². The van der Waals surface area contributed by atoms with Crippen LogP contribution in [-0.2, 0) is 11.2 Å². The van der Waals surface area contributed by atoms with Gasteiger partial charge in [-0.15, -0.1) is 0 Å². The molecule has 0 saturated carbocycles. The minimum absolute atomic E-state index is 0.189. The third kappa shape index (κ3) is 2.17. The third-order valence-corrected chi connectivity index (χ3v) is 3.96. The molecule has 1 fully saturated rings. The lowest BCUT2D eigenvalue weighted by Crippen LogP contribution is -2.46. The highest BCUT2D eigenvalue weighted by molar-refractivity contribution is 5.54. The number of aliphatic hydroxyl groups excluding tert-OH is 1. The molecule has 17 heavy (non-hydrogen) atoms. The Morgan fingerprint density at radius 1 is 1.18 bits per heavy atom. The average molecular weight is 233 g/mol. The van der Waals surface area contributed by atoms with E-state index in [1.165, 1.54) is 11.3 Å². The zero-order valence-electron chi connectivity index (χ0n) is 9.93. The molecule has 92 valence electrons. The summed E-state index contributed by atoms with van der Waals surface area (Å²) in [6.45, 7) is 1.66. The fourth-order valence-corrected chi connectivity index (χ4v) is 2.97. The summed E-state index contributed by atoms with van der Waals surface area (Å²) in [6.07, 6.45) is 2.60. The van der Waals surface area contributed by atoms with Crippen LogP contribution in [0.1, 0.15) is 18.4 Å². The van der Waals surface area contributed by atoms with Crippen LogP contribution in [0.4, 0.5) is 5.69 Å². The minimum atomic E-state index is -0.270. The zero-order valence-corrected chi connectivity index (χ0v) is 9.93. The van der Waals surface area contributed by atoms with Crippen LogP contribution in [0.2, 0.25) is 0 Å². The molecule has 0 amide bonds. The van der Waals surface area contributed by atoms with Gasteiger partial charge in [-0.05, 0) is 30.4 Å². The molecule has 0 aromatic heterocycles. The van der Waals surface area contributed by atoms with Gasteiger partial charge in [-0.3, -0.25) is 0 Å². The van der Waals surface area contributed by atoms with E-state index < -0.39 is 0 Å². The van der Waals surface area contributed by atoms with Crippen molar-refractivity contribution in [1.29, 1.82) is 0 Å². The van der Waals surface area contributed by atoms with Crippen LogP contribution in [0, 0.1) is 5.92 Å². The molecule has 2 N–H and O–H groups in total. The predicted molar refractivity (Wildman–Crippen MR) is 67.1 cm³/mol. The first-order valence-corrected chi connectivity index (χ1v) is 6.45. The van der Waals surface area contributed by atoms with Gasteiger partial charge in [-0.25, -0.2) is 0 Å². The number of ether oxygens (including phenoxy) is 1. The summed E-state index contributed by atoms with van der Waals surface area (Å²) < 4.78 is 5.39. The minimum Gasteiger partial charge on any atom is -0.391 e. The molecule has 0 bridgehead atoms. The summed E-state index contributed by atoms with van der Waals surface area (Å²) in [4.78, 5) is 0. The van der Waals surface area contributed by atoms with Crippen molar-refractivity contribution in [3.63, 3.8) is 0 Å². The average Bonchev–Trinajstić information content (AvgIpc) is 2.39. The number of aliphatic hydroxyl groups is 1. The van der Waals surface area contributed by atoms with Gasteiger partial charge in [0, 0.05) is 25.3 Å². The summed E-state index contributed by atoms with van der Waals surface area (Å²) in [5.74, 6) is 0.534. The van der Waals surface area contributed by atoms with Gasteiger partial charge in [0.1, 0.15) is 0 Å². The van der Waals surface area contributed by atoms with Crippen LogP contribution in [-0.4, -0.2) is 30.5 Å². The highest BCUT2D eigenvalue weighted by Crippen LogP contribution is 2.31. The highest BCUT2D eigenvalue weighted by Gasteiger charge is 2.33. The molecule has 0 spiro atoms. The Labute approximate surface area is 102 Å². The van der Waals surface area contributed by atoms with Gasteiger partial charge in [0.2, 0.25) is 0 Å². The first kappa shape index (κ1) is 11.1. The van der Waals surface area contributed by atoms with E-state index in [-0.39, 0.29) is 12.1 Å². The summed E-state index contributed by atoms with van der Waals surface area (Å²) in [7, 11) is 0. The van der Waals surface area contributed by atoms with Crippen LogP contribution in [0.3, 0.4) is 0 Å². The van der Waals surface area contributed by atoms with E-state index in [9.17, 15) is 5.11 Å². The molecule has 2 heterocycles. The lowest BCUT2D eigenvalue weighted by molar-refractivity contribution is 0.0348. The van der Waals surface area contributed by atoms with Gasteiger partial charge in [0.25, 0.3) is 0 Å². The summed E-state index contributed by atoms with van der Waals surface area (Å²) in [5.41, 5.74) is 2.41. The molecule has 1 saturated heterocycles. The molecule has 1 aromatic carbocycles. The van der Waals surface area contributed by atoms with E-state index >= 15 is 0 Å². The maximum Gasteiger partial charge on any atom is 0.0784 e. The molecular weight excluding hydrogens is 214 g/mol. The summed E-state index contributed by atoms with van der Waals surface area (Å²) in [5, 5.41) is 13.8. The maximum absolute atomic E-state index is 10.3. The van der Waals surface area contributed by atoms with Gasteiger partial charge in [0.05, 0.1) is 12.1 Å². The molecule has 2 atom stereocenters. The van der Waals surface area contributed by atoms with Gasteiger partial charge >= 0.3 is 0 Å². The zero-order chi connectivity index (χ0) is 11.7. The van der Waals surface area contributed by atoms with Crippen molar-refractivity contribution >= 4 is 5.69 Å². The second kappa shape index (κ2) is 4.67. The number of benzene rings is 1. The normalized spacial score (nSPS) is 29.5. The van der Waals surface area contributed by atoms with Gasteiger partial charge in [0.15, 0.2) is 0 Å². The van der Waals surface area contributed by atoms with Crippen molar-refractivity contribution in [2.75, 3.05) is 18.5 Å². The molecule has 2 unspecified atom stereocenters. The molecule has 3 nitrogen and oxygen atoms in total. The van der Waals surface area contributed by atoms with Crippen LogP contribution in [0.25, 0.3) is 0 Å². The first-order chi connectivity index (χ1) is 8.34. The molecule has 1 aromatic rings. The van der Waals surface area contributed by atoms with Gasteiger partial charge < -0.3 is 15.2 Å². The molecule has 2 aliphatic rings. The fraction of sp³-hybridized carbons (Fsp3) is 0.571. The van der Waals surface area contributed by atoms with Gasteiger partial charge in [-0.1, -0.05) is 18.2 Å². The van der Waals surface area contributed by atoms with Crippen molar-refractivity contribution in [3.8, 4) is 0 Å². The third-order valence-electron chi connectivity index (χ3n) is 3.96. The molecule has 3 heteroatoms. The van der Waals surface area contributed by atoms with Crippen LogP contribution >= 0.6 is 0 Å². The molecule has 3 rings (SSSR count). The van der Waals surface area contributed by atoms with Crippen molar-refractivity contribution < 1.29 is 9.84 Å². The molecule has 2 aliphatic heterocycles. The molecular formula is C14H19NO2. The quantitative estimate of drug-likeness (QED) is 0.777. The van der Waals surface area contributed by atoms with E-state index in [1.807, 2.05) is 12.1 Å². The first-order valence-electron chi connectivity index (χ1n) is 6.45. The molecule has 0 aliphatic carbocycles. The second-order valence-corrected chi connectivity index (χ2v) is 5.05. The number of hydrogen-bond acceptors (Lipinski definition) is 3. The second-order valence-electron chi connectivity index (χ2n) is 5.05. The Balaban J connectivity index is 1.79. The number of nitrogens with one attached hydrogen (secondary N) is 1. The smallest absolute Gasteiger partial charge is 0.0784 e. The Morgan fingerprint density at radius 2 is 1.94 bits per heavy atom. The fourth-order valence-electron chi connectivity index (χ4n) is 2.97. The van der Waals surface area contributed by atoms with Crippen molar-refractivity contribution in [2.24, 2.45) is 5.92 Å². The number of rotatable bonds is 1. The number of fused-ring (bicyclic) bond motifs is 1. The Morgan fingerprint density at radius 3 is 2.76 bits per heavy atom. The monoisotopic (exact) mass is 233 g/mol. The van der Waals surface area contributed by atoms with E-state index in [1.54, 1.807) is 0 Å². The van der Waals surface area contributed by atoms with E-state index in [2.05, 4.69) is 17.4 Å². The lowest BCUT2D eigenvalue weighted by Gasteiger charge is -2.38. The number of hydrogen-bond donors (Lipinski definition) is 2. The van der Waals surface area contributed by atoms with E-state index in [0.29, 0.717) is 5.92 Å². The van der Waals surface area contributed by atoms with Gasteiger partial charge in [-0.2, -0.15) is 0 Å². The van der Waals surface area contributed by atoms with Crippen molar-refractivity contribution in [2.45, 2.75) is 31.4 Å². The number of para-hydroxylation sites is 1. The Hall–Kier alpha value is -1.06. The predicted octanol–water partition coefficient (Wildman–Crippen LogP) is 1.81. The highest BCUT2D eigenvalue weighted by atomic mass is 16.5. The molecule has 0 radical (unpaired) electrons. The largest absolute Gasteiger partial charge is 0.391 e. The standard InChI is InChI=1S/C14H19NO2/c16-13-9-11-3-1-2-4-12(11)15-14(13)10-5-7-17-8-6-10/h1-4,10,13-16H,5-9H2. The number of anilines is 1. The maximum atomic E-state index is 10.3.